The zero-order chi connectivity index (χ0) is 22.9. The summed E-state index contributed by atoms with van der Waals surface area (Å²) in [6.45, 7) is 5.13. The number of hydrogen-bond donors (Lipinski definition) is 1. The first-order valence-electron chi connectivity index (χ1n) is 12.9. The molecule has 4 heterocycles. The molecule has 0 radical (unpaired) electrons. The predicted molar refractivity (Wildman–Crippen MR) is 125 cm³/mol. The number of pyridine rings is 1. The maximum atomic E-state index is 13.0. The average molecular weight is 456 g/mol. The van der Waals surface area contributed by atoms with Crippen molar-refractivity contribution in [2.75, 3.05) is 32.7 Å². The van der Waals surface area contributed by atoms with E-state index in [1.54, 1.807) is 6.07 Å². The molecule has 4 atom stereocenters. The number of hydrogen-bond acceptors (Lipinski definition) is 4. The Balaban J connectivity index is 1.23. The molecule has 0 unspecified atom stereocenters. The van der Waals surface area contributed by atoms with E-state index in [2.05, 4.69) is 11.0 Å². The average Bonchev–Trinajstić information content (AvgIpc) is 3.33. The highest BCUT2D eigenvalue weighted by Crippen LogP contribution is 2.37. The van der Waals surface area contributed by atoms with Gasteiger partial charge in [0.15, 0.2) is 0 Å². The number of piperidine rings is 2. The van der Waals surface area contributed by atoms with Gasteiger partial charge in [-0.25, -0.2) is 0 Å². The quantitative estimate of drug-likeness (QED) is 0.713. The molecule has 7 nitrogen and oxygen atoms in total. The third-order valence-corrected chi connectivity index (χ3v) is 8.72. The van der Waals surface area contributed by atoms with Crippen molar-refractivity contribution < 1.29 is 14.7 Å². The number of carbonyl (C=O) groups is 2. The number of aromatic nitrogens is 1. The summed E-state index contributed by atoms with van der Waals surface area (Å²) in [6.07, 6.45) is 7.43. The van der Waals surface area contributed by atoms with Crippen molar-refractivity contribution in [2.24, 2.45) is 23.7 Å². The largest absolute Gasteiger partial charge is 0.481 e. The minimum atomic E-state index is -0.727. The van der Waals surface area contributed by atoms with Crippen LogP contribution in [0.5, 0.6) is 0 Å². The Labute approximate surface area is 195 Å². The highest BCUT2D eigenvalue weighted by molar-refractivity contribution is 5.79. The van der Waals surface area contributed by atoms with Crippen LogP contribution in [0.3, 0.4) is 0 Å². The van der Waals surface area contributed by atoms with Gasteiger partial charge in [0.1, 0.15) is 0 Å². The van der Waals surface area contributed by atoms with Gasteiger partial charge in [0.05, 0.1) is 0 Å². The first kappa shape index (κ1) is 22.6. The lowest BCUT2D eigenvalue weighted by Crippen LogP contribution is -2.49. The van der Waals surface area contributed by atoms with Gasteiger partial charge in [0.25, 0.3) is 5.56 Å². The van der Waals surface area contributed by atoms with Gasteiger partial charge in [0.2, 0.25) is 5.91 Å². The van der Waals surface area contributed by atoms with Crippen LogP contribution >= 0.6 is 0 Å². The van der Waals surface area contributed by atoms with Crippen molar-refractivity contribution in [3.63, 3.8) is 0 Å². The number of rotatable bonds is 6. The van der Waals surface area contributed by atoms with E-state index in [0.717, 1.165) is 71.1 Å². The van der Waals surface area contributed by atoms with E-state index in [1.165, 1.54) is 5.69 Å². The van der Waals surface area contributed by atoms with Gasteiger partial charge in [-0.1, -0.05) is 18.9 Å². The molecular weight excluding hydrogens is 418 g/mol. The van der Waals surface area contributed by atoms with Gasteiger partial charge in [-0.2, -0.15) is 0 Å². The Morgan fingerprint density at radius 2 is 1.82 bits per heavy atom. The molecule has 1 saturated carbocycles. The predicted octanol–water partition coefficient (Wildman–Crippen LogP) is 2.79. The van der Waals surface area contributed by atoms with Crippen LogP contribution in [0.2, 0.25) is 0 Å². The second-order valence-corrected chi connectivity index (χ2v) is 10.9. The second-order valence-electron chi connectivity index (χ2n) is 10.9. The molecule has 180 valence electrons. The van der Waals surface area contributed by atoms with Gasteiger partial charge >= 0.3 is 5.97 Å². The van der Waals surface area contributed by atoms with Crippen molar-refractivity contribution in [1.82, 2.24) is 14.4 Å². The van der Waals surface area contributed by atoms with Gasteiger partial charge in [-0.05, 0) is 62.5 Å². The molecule has 1 N–H and O–H groups in total. The normalized spacial score (nSPS) is 30.2. The SMILES string of the molecule is O=C(O)C[C@@H]1CCN(C(=O)C2CCCC2)C[C@H]1CCN1C[C@H]2C[C@H](C1)c1cccc(=O)n1C2. The highest BCUT2D eigenvalue weighted by Gasteiger charge is 2.38. The molecule has 0 aromatic carbocycles. The van der Waals surface area contributed by atoms with Crippen LogP contribution in [0.4, 0.5) is 0 Å². The molecule has 1 amide bonds. The smallest absolute Gasteiger partial charge is 0.303 e. The molecule has 1 aromatic heterocycles. The number of carboxylic acids is 1. The molecule has 7 heteroatoms. The van der Waals surface area contributed by atoms with E-state index in [9.17, 15) is 19.5 Å². The Bertz CT molecular complexity index is 938. The van der Waals surface area contributed by atoms with Crippen LogP contribution in [0.1, 0.15) is 63.0 Å². The van der Waals surface area contributed by atoms with E-state index in [4.69, 9.17) is 0 Å². The minimum absolute atomic E-state index is 0.112. The fourth-order valence-electron chi connectivity index (χ4n) is 7.06. The van der Waals surface area contributed by atoms with Gasteiger partial charge in [-0.3, -0.25) is 14.4 Å². The summed E-state index contributed by atoms with van der Waals surface area (Å²) >= 11 is 0. The third-order valence-electron chi connectivity index (χ3n) is 8.72. The number of carboxylic acid groups (broad SMARTS) is 1. The second kappa shape index (κ2) is 9.61. The minimum Gasteiger partial charge on any atom is -0.481 e. The standard InChI is InChI=1S/C26H37N3O4/c30-24-7-3-6-23-22-12-18(15-29(23)24)14-27(16-22)10-8-21-17-28(11-9-20(21)13-25(31)32)26(33)19-4-1-2-5-19/h3,6-7,18-22H,1-2,4-5,8-17H2,(H,31,32)/t18-,20+,21-,22-/m1/s1. The number of fused-ring (bicyclic) bond motifs is 4. The highest BCUT2D eigenvalue weighted by atomic mass is 16.4. The summed E-state index contributed by atoms with van der Waals surface area (Å²) in [4.78, 5) is 41.4. The maximum Gasteiger partial charge on any atom is 0.303 e. The monoisotopic (exact) mass is 455 g/mol. The molecule has 2 bridgehead atoms. The molecule has 1 aromatic rings. The lowest BCUT2D eigenvalue weighted by molar-refractivity contribution is -0.141. The maximum absolute atomic E-state index is 13.0. The molecule has 5 rings (SSSR count). The third kappa shape index (κ3) is 4.88. The summed E-state index contributed by atoms with van der Waals surface area (Å²) in [5.41, 5.74) is 1.28. The Morgan fingerprint density at radius 1 is 1.00 bits per heavy atom. The van der Waals surface area contributed by atoms with Crippen LogP contribution in [0, 0.1) is 23.7 Å². The number of aliphatic carboxylic acids is 1. The van der Waals surface area contributed by atoms with Crippen LogP contribution < -0.4 is 5.56 Å². The lowest BCUT2D eigenvalue weighted by atomic mass is 9.79. The zero-order valence-corrected chi connectivity index (χ0v) is 19.5. The Morgan fingerprint density at radius 3 is 2.61 bits per heavy atom. The first-order valence-corrected chi connectivity index (χ1v) is 12.9. The van der Waals surface area contributed by atoms with Gasteiger partial charge in [0, 0.05) is 62.7 Å². The number of amides is 1. The fraction of sp³-hybridized carbons (Fsp3) is 0.731. The summed E-state index contributed by atoms with van der Waals surface area (Å²) in [5, 5.41) is 9.45. The molecule has 0 spiro atoms. The Kier molecular flexibility index (Phi) is 6.59. The van der Waals surface area contributed by atoms with Crippen molar-refractivity contribution in [1.29, 1.82) is 0 Å². The van der Waals surface area contributed by atoms with Gasteiger partial charge < -0.3 is 19.5 Å². The van der Waals surface area contributed by atoms with Crippen LogP contribution in [0.15, 0.2) is 23.0 Å². The fourth-order valence-corrected chi connectivity index (χ4v) is 7.06. The summed E-state index contributed by atoms with van der Waals surface area (Å²) in [6, 6.07) is 5.64. The number of likely N-dealkylation sites (tertiary alicyclic amines) is 2. The van der Waals surface area contributed by atoms with Crippen molar-refractivity contribution >= 4 is 11.9 Å². The molecule has 33 heavy (non-hydrogen) atoms. The van der Waals surface area contributed by atoms with E-state index in [-0.39, 0.29) is 29.7 Å². The van der Waals surface area contributed by atoms with Crippen molar-refractivity contribution in [2.45, 2.75) is 63.8 Å². The lowest BCUT2D eigenvalue weighted by Gasteiger charge is -2.44. The number of nitrogens with zero attached hydrogens (tertiary/aromatic N) is 3. The first-order chi connectivity index (χ1) is 16.0. The van der Waals surface area contributed by atoms with Crippen LogP contribution in [-0.2, 0) is 16.1 Å². The molecule has 3 aliphatic heterocycles. The van der Waals surface area contributed by atoms with Crippen LogP contribution in [-0.4, -0.2) is 64.1 Å². The Hall–Kier alpha value is -2.15. The molecular formula is C26H37N3O4. The molecule has 2 saturated heterocycles. The number of carbonyl (C=O) groups excluding carboxylic acids is 1. The summed E-state index contributed by atoms with van der Waals surface area (Å²) in [7, 11) is 0. The van der Waals surface area contributed by atoms with E-state index in [0.29, 0.717) is 30.8 Å². The van der Waals surface area contributed by atoms with Crippen molar-refractivity contribution in [3.05, 3.63) is 34.2 Å². The van der Waals surface area contributed by atoms with E-state index < -0.39 is 5.97 Å². The zero-order valence-electron chi connectivity index (χ0n) is 19.5. The van der Waals surface area contributed by atoms with E-state index >= 15 is 0 Å². The molecule has 1 aliphatic carbocycles. The van der Waals surface area contributed by atoms with E-state index in [1.807, 2.05) is 15.5 Å². The summed E-state index contributed by atoms with van der Waals surface area (Å²) < 4.78 is 1.96. The van der Waals surface area contributed by atoms with Crippen LogP contribution in [0.25, 0.3) is 0 Å². The molecule has 3 fully saturated rings. The molecule has 4 aliphatic rings. The van der Waals surface area contributed by atoms with Gasteiger partial charge in [-0.15, -0.1) is 0 Å². The topological polar surface area (TPSA) is 82.8 Å². The summed E-state index contributed by atoms with van der Waals surface area (Å²) in [5.74, 6) is 1.06. The van der Waals surface area contributed by atoms with Crippen molar-refractivity contribution in [3.8, 4) is 0 Å².